The topological polar surface area (TPSA) is 71.4 Å². The maximum atomic E-state index is 9.28. The molecule has 0 unspecified atom stereocenters. The maximum Gasteiger partial charge on any atom is 0.214 e. The van der Waals surface area contributed by atoms with Crippen molar-refractivity contribution >= 4 is 22.8 Å². The summed E-state index contributed by atoms with van der Waals surface area (Å²) in [6, 6.07) is 11.6. The Labute approximate surface area is 151 Å². The van der Waals surface area contributed by atoms with E-state index in [1.54, 1.807) is 12.3 Å². The van der Waals surface area contributed by atoms with Crippen LogP contribution < -0.4 is 4.74 Å². The third-order valence-electron chi connectivity index (χ3n) is 4.42. The van der Waals surface area contributed by atoms with E-state index in [0.29, 0.717) is 30.2 Å². The van der Waals surface area contributed by atoms with E-state index in [-0.39, 0.29) is 0 Å². The minimum absolute atomic E-state index is 0.326. The molecule has 128 valence electrons. The molecule has 0 aliphatic carbocycles. The van der Waals surface area contributed by atoms with Crippen LogP contribution in [0.5, 0.6) is 5.88 Å². The molecule has 0 N–H and O–H groups in total. The van der Waals surface area contributed by atoms with Gasteiger partial charge in [-0.05, 0) is 30.2 Å². The number of nitriles is 1. The average Bonchev–Trinajstić information content (AvgIpc) is 3.09. The molecule has 4 rings (SSSR count). The van der Waals surface area contributed by atoms with Gasteiger partial charge in [0.05, 0.1) is 30.1 Å². The average molecular weight is 343 g/mol. The summed E-state index contributed by atoms with van der Waals surface area (Å²) in [5, 5.41) is 10.1. The monoisotopic (exact) mass is 343 g/mol. The Kier molecular flexibility index (Phi) is 4.24. The molecular formula is C21H17N3O2. The highest BCUT2D eigenvalue weighted by Gasteiger charge is 2.13. The molecule has 0 atom stereocenters. The minimum atomic E-state index is 0.326. The van der Waals surface area contributed by atoms with E-state index in [1.807, 2.05) is 37.4 Å². The number of allylic oxidation sites excluding steroid dienone is 1. The lowest BCUT2D eigenvalue weighted by molar-refractivity contribution is 0.293. The SMILES string of the molecule is Cc1coc2c(COc3cccc(C4=CCN=CC4)n3)ccc(C#N)c12. The van der Waals surface area contributed by atoms with Gasteiger partial charge in [-0.1, -0.05) is 18.2 Å². The third kappa shape index (κ3) is 2.98. The van der Waals surface area contributed by atoms with Gasteiger partial charge in [-0.2, -0.15) is 5.26 Å². The van der Waals surface area contributed by atoms with E-state index < -0.39 is 0 Å². The maximum absolute atomic E-state index is 9.28. The summed E-state index contributed by atoms with van der Waals surface area (Å²) in [5.41, 5.74) is 5.22. The molecule has 0 amide bonds. The molecular weight excluding hydrogens is 326 g/mol. The first kappa shape index (κ1) is 16.1. The number of ether oxygens (including phenoxy) is 1. The summed E-state index contributed by atoms with van der Waals surface area (Å²) in [6.45, 7) is 2.96. The molecule has 5 nitrogen and oxygen atoms in total. The fraction of sp³-hybridized carbons (Fsp3) is 0.190. The number of rotatable bonds is 4. The third-order valence-corrected chi connectivity index (χ3v) is 4.42. The molecule has 0 bridgehead atoms. The molecule has 1 aromatic carbocycles. The number of aliphatic imine (C=N–C) groups is 1. The number of furan rings is 1. The Morgan fingerprint density at radius 3 is 3.00 bits per heavy atom. The predicted molar refractivity (Wildman–Crippen MR) is 100 cm³/mol. The zero-order valence-electron chi connectivity index (χ0n) is 14.4. The van der Waals surface area contributed by atoms with Gasteiger partial charge in [-0.15, -0.1) is 0 Å². The summed E-state index contributed by atoms with van der Waals surface area (Å²) in [7, 11) is 0. The predicted octanol–water partition coefficient (Wildman–Crippen LogP) is 4.44. The van der Waals surface area contributed by atoms with Gasteiger partial charge in [0.25, 0.3) is 0 Å². The molecule has 3 aromatic rings. The smallest absolute Gasteiger partial charge is 0.214 e. The summed E-state index contributed by atoms with van der Waals surface area (Å²) in [4.78, 5) is 8.80. The number of aromatic nitrogens is 1. The molecule has 2 aromatic heterocycles. The van der Waals surface area contributed by atoms with Crippen LogP contribution in [0.3, 0.4) is 0 Å². The van der Waals surface area contributed by atoms with Gasteiger partial charge in [0.2, 0.25) is 5.88 Å². The van der Waals surface area contributed by atoms with Crippen LogP contribution in [0.25, 0.3) is 16.5 Å². The van der Waals surface area contributed by atoms with Crippen molar-refractivity contribution in [2.24, 2.45) is 4.99 Å². The van der Waals surface area contributed by atoms with E-state index in [9.17, 15) is 5.26 Å². The summed E-state index contributed by atoms with van der Waals surface area (Å²) < 4.78 is 11.6. The van der Waals surface area contributed by atoms with Crippen LogP contribution in [0.15, 0.2) is 52.1 Å². The Balaban J connectivity index is 1.58. The quantitative estimate of drug-likeness (QED) is 0.702. The van der Waals surface area contributed by atoms with E-state index in [0.717, 1.165) is 34.2 Å². The molecule has 0 spiro atoms. The van der Waals surface area contributed by atoms with Crippen molar-refractivity contribution in [1.29, 1.82) is 5.26 Å². The van der Waals surface area contributed by atoms with Crippen LogP contribution in [-0.2, 0) is 6.61 Å². The van der Waals surface area contributed by atoms with Gasteiger partial charge in [0.1, 0.15) is 12.2 Å². The van der Waals surface area contributed by atoms with E-state index in [1.165, 1.54) is 0 Å². The molecule has 0 saturated carbocycles. The van der Waals surface area contributed by atoms with E-state index in [4.69, 9.17) is 9.15 Å². The van der Waals surface area contributed by atoms with E-state index in [2.05, 4.69) is 22.1 Å². The Morgan fingerprint density at radius 1 is 1.27 bits per heavy atom. The highest BCUT2D eigenvalue weighted by atomic mass is 16.5. The summed E-state index contributed by atoms with van der Waals surface area (Å²) in [6.07, 6.45) is 6.46. The fourth-order valence-electron chi connectivity index (χ4n) is 3.08. The largest absolute Gasteiger partial charge is 0.473 e. The normalized spacial score (nSPS) is 13.5. The van der Waals surface area contributed by atoms with Gasteiger partial charge >= 0.3 is 0 Å². The zero-order valence-corrected chi connectivity index (χ0v) is 14.4. The van der Waals surface area contributed by atoms with E-state index >= 15 is 0 Å². The van der Waals surface area contributed by atoms with Crippen molar-refractivity contribution in [3.8, 4) is 11.9 Å². The lowest BCUT2D eigenvalue weighted by atomic mass is 10.0. The number of benzene rings is 1. The highest BCUT2D eigenvalue weighted by molar-refractivity contribution is 5.89. The standard InChI is InChI=1S/C21H17N3O2/c1-14-12-26-21-17(6-5-16(11-22)20(14)21)13-25-19-4-2-3-18(24-19)15-7-9-23-10-8-15/h2-7,10,12H,8-9,13H2,1H3. The fourth-order valence-corrected chi connectivity index (χ4v) is 3.08. The lowest BCUT2D eigenvalue weighted by Gasteiger charge is -2.10. The first-order valence-electron chi connectivity index (χ1n) is 8.43. The Bertz CT molecular complexity index is 1070. The van der Waals surface area contributed by atoms with Crippen molar-refractivity contribution in [3.63, 3.8) is 0 Å². The molecule has 5 heteroatoms. The van der Waals surface area contributed by atoms with Crippen LogP contribution >= 0.6 is 0 Å². The highest BCUT2D eigenvalue weighted by Crippen LogP contribution is 2.28. The number of pyridine rings is 1. The van der Waals surface area contributed by atoms with Crippen molar-refractivity contribution in [2.45, 2.75) is 20.0 Å². The first-order chi connectivity index (χ1) is 12.8. The zero-order chi connectivity index (χ0) is 17.9. The van der Waals surface area contributed by atoms with Crippen LogP contribution in [-0.4, -0.2) is 17.7 Å². The Morgan fingerprint density at radius 2 is 2.19 bits per heavy atom. The second-order valence-corrected chi connectivity index (χ2v) is 6.14. The Hall–Kier alpha value is -3.39. The molecule has 26 heavy (non-hydrogen) atoms. The van der Waals surface area contributed by atoms with Crippen LogP contribution in [0, 0.1) is 18.3 Å². The van der Waals surface area contributed by atoms with Gasteiger partial charge in [-0.3, -0.25) is 4.99 Å². The van der Waals surface area contributed by atoms with Gasteiger partial charge < -0.3 is 9.15 Å². The van der Waals surface area contributed by atoms with Crippen molar-refractivity contribution in [1.82, 2.24) is 4.98 Å². The van der Waals surface area contributed by atoms with Crippen molar-refractivity contribution < 1.29 is 9.15 Å². The van der Waals surface area contributed by atoms with Crippen molar-refractivity contribution in [3.05, 3.63) is 65.1 Å². The molecule has 0 radical (unpaired) electrons. The number of hydrogen-bond acceptors (Lipinski definition) is 5. The molecule has 3 heterocycles. The van der Waals surface area contributed by atoms with Crippen LogP contribution in [0.4, 0.5) is 0 Å². The number of hydrogen-bond donors (Lipinski definition) is 0. The first-order valence-corrected chi connectivity index (χ1v) is 8.43. The number of aryl methyl sites for hydroxylation is 1. The number of dihydropyridines is 1. The second kappa shape index (κ2) is 6.85. The molecule has 0 fully saturated rings. The molecule has 1 aliphatic heterocycles. The lowest BCUT2D eigenvalue weighted by Crippen LogP contribution is -2.01. The van der Waals surface area contributed by atoms with Crippen LogP contribution in [0.1, 0.15) is 28.8 Å². The van der Waals surface area contributed by atoms with Crippen molar-refractivity contribution in [2.75, 3.05) is 6.54 Å². The second-order valence-electron chi connectivity index (χ2n) is 6.14. The van der Waals surface area contributed by atoms with Gasteiger partial charge in [0, 0.05) is 29.7 Å². The van der Waals surface area contributed by atoms with Crippen LogP contribution in [0.2, 0.25) is 0 Å². The van der Waals surface area contributed by atoms with Gasteiger partial charge in [0.15, 0.2) is 0 Å². The summed E-state index contributed by atoms with van der Waals surface area (Å²) >= 11 is 0. The number of fused-ring (bicyclic) bond motifs is 1. The number of nitrogens with zero attached hydrogens (tertiary/aromatic N) is 3. The summed E-state index contributed by atoms with van der Waals surface area (Å²) in [5.74, 6) is 0.562. The van der Waals surface area contributed by atoms with Gasteiger partial charge in [-0.25, -0.2) is 4.98 Å². The molecule has 0 saturated heterocycles. The molecule has 1 aliphatic rings. The minimum Gasteiger partial charge on any atom is -0.473 e.